The number of carbonyl (C=O) groups excluding carboxylic acids is 1. The van der Waals surface area contributed by atoms with Crippen LogP contribution in [0.4, 0.5) is 5.69 Å². The molecule has 130 valence electrons. The molecule has 25 heavy (non-hydrogen) atoms. The van der Waals surface area contributed by atoms with Crippen molar-refractivity contribution in [2.24, 2.45) is 0 Å². The number of benzene rings is 2. The molecule has 1 amide bonds. The van der Waals surface area contributed by atoms with Crippen molar-refractivity contribution in [1.29, 1.82) is 0 Å². The number of hydrogen-bond acceptors (Lipinski definition) is 4. The lowest BCUT2D eigenvalue weighted by atomic mass is 10.1. The van der Waals surface area contributed by atoms with E-state index < -0.39 is 0 Å². The Bertz CT molecular complexity index is 816. The minimum absolute atomic E-state index is 0.0117. The van der Waals surface area contributed by atoms with Gasteiger partial charge in [0.2, 0.25) is 0 Å². The van der Waals surface area contributed by atoms with Crippen molar-refractivity contribution in [3.05, 3.63) is 61.9 Å². The quantitative estimate of drug-likeness (QED) is 0.589. The number of anilines is 1. The van der Waals surface area contributed by atoms with Crippen LogP contribution in [-0.4, -0.2) is 16.5 Å². The fourth-order valence-corrected chi connectivity index (χ4v) is 4.18. The zero-order valence-corrected chi connectivity index (χ0v) is 16.5. The van der Waals surface area contributed by atoms with Gasteiger partial charge in [-0.25, -0.2) is 0 Å². The van der Waals surface area contributed by atoms with Gasteiger partial charge in [-0.1, -0.05) is 42.4 Å². The fourth-order valence-electron chi connectivity index (χ4n) is 2.37. The van der Waals surface area contributed by atoms with Gasteiger partial charge in [-0.05, 0) is 63.8 Å². The minimum atomic E-state index is -0.234. The maximum atomic E-state index is 12.2. The van der Waals surface area contributed by atoms with Crippen molar-refractivity contribution in [2.45, 2.75) is 18.8 Å². The molecule has 3 rings (SSSR count). The second-order valence-corrected chi connectivity index (χ2v) is 7.92. The molecule has 1 atom stereocenters. The minimum Gasteiger partial charge on any atom is -0.505 e. The van der Waals surface area contributed by atoms with Crippen LogP contribution in [0.25, 0.3) is 6.08 Å². The number of hydrogen-bond donors (Lipinski definition) is 3. The molecule has 0 aliphatic carbocycles. The van der Waals surface area contributed by atoms with Crippen LogP contribution < -0.4 is 10.6 Å². The van der Waals surface area contributed by atoms with Crippen LogP contribution in [0.1, 0.15) is 18.1 Å². The number of nitrogens with one attached hydrogen (secondary N) is 2. The fraction of sp³-hybridized carbons (Fsp3) is 0.167. The molecule has 0 radical (unpaired) electrons. The molecule has 0 saturated carbocycles. The summed E-state index contributed by atoms with van der Waals surface area (Å²) in [7, 11) is 0. The Kier molecular flexibility index (Phi) is 5.61. The highest BCUT2D eigenvalue weighted by molar-refractivity contribution is 9.10. The monoisotopic (exact) mass is 438 g/mol. The normalized spacial score (nSPS) is 18.4. The Labute approximate surface area is 163 Å². The second kappa shape index (κ2) is 7.72. The lowest BCUT2D eigenvalue weighted by molar-refractivity contribution is -0.116. The molecule has 1 aliphatic heterocycles. The summed E-state index contributed by atoms with van der Waals surface area (Å²) in [5.74, 6) is -0.157. The smallest absolute Gasteiger partial charge is 0.260 e. The zero-order chi connectivity index (χ0) is 18.0. The first kappa shape index (κ1) is 18.2. The number of halogens is 2. The molecule has 0 unspecified atom stereocenters. The van der Waals surface area contributed by atoms with Gasteiger partial charge < -0.3 is 15.7 Å². The molecular weight excluding hydrogens is 424 g/mol. The Morgan fingerprint density at radius 1 is 1.36 bits per heavy atom. The van der Waals surface area contributed by atoms with E-state index in [1.54, 1.807) is 18.2 Å². The van der Waals surface area contributed by atoms with Gasteiger partial charge in [-0.15, -0.1) is 0 Å². The first-order chi connectivity index (χ1) is 12.0. The van der Waals surface area contributed by atoms with Crippen molar-refractivity contribution in [1.82, 2.24) is 5.32 Å². The van der Waals surface area contributed by atoms with Crippen LogP contribution in [0.2, 0.25) is 5.02 Å². The molecule has 1 fully saturated rings. The molecule has 2 aromatic carbocycles. The summed E-state index contributed by atoms with van der Waals surface area (Å²) in [5, 5.41) is 16.1. The third-order valence-corrected chi connectivity index (χ3v) is 5.65. The second-order valence-electron chi connectivity index (χ2n) is 5.51. The maximum absolute atomic E-state index is 12.2. The average molecular weight is 440 g/mol. The van der Waals surface area contributed by atoms with E-state index in [0.29, 0.717) is 9.38 Å². The van der Waals surface area contributed by atoms with Gasteiger partial charge in [0.1, 0.15) is 5.75 Å². The number of amides is 1. The molecular formula is C18H16BrClN2O2S. The lowest BCUT2D eigenvalue weighted by Crippen LogP contribution is -2.30. The van der Waals surface area contributed by atoms with E-state index in [9.17, 15) is 9.90 Å². The van der Waals surface area contributed by atoms with E-state index in [1.807, 2.05) is 12.1 Å². The number of phenolic OH excluding ortho intramolecular Hbond substituents is 1. The molecule has 2 aromatic rings. The maximum Gasteiger partial charge on any atom is 0.260 e. The number of aryl methyl sites for hydroxylation is 1. The number of thioether (sulfide) groups is 1. The number of phenols is 1. The highest BCUT2D eigenvalue weighted by atomic mass is 79.9. The summed E-state index contributed by atoms with van der Waals surface area (Å²) in [6, 6.07) is 11.5. The molecule has 1 aliphatic rings. The number of carbonyl (C=O) groups is 1. The van der Waals surface area contributed by atoms with Crippen molar-refractivity contribution >= 4 is 57.0 Å². The van der Waals surface area contributed by atoms with Gasteiger partial charge in [0.25, 0.3) is 5.91 Å². The van der Waals surface area contributed by atoms with Gasteiger partial charge in [-0.3, -0.25) is 4.79 Å². The van der Waals surface area contributed by atoms with Gasteiger partial charge >= 0.3 is 0 Å². The summed E-state index contributed by atoms with van der Waals surface area (Å²) in [6.07, 6.45) is 2.74. The molecule has 1 saturated heterocycles. The topological polar surface area (TPSA) is 61.4 Å². The standard InChI is InChI=1S/C18H16BrClN2O2S/c1-2-10-3-5-12(6-4-10)21-18-22-17(24)15(25-18)9-11-7-13(19)16(23)14(20)8-11/h3-9,18,21,23H,2H2,1H3,(H,22,24)/b15-9-/t18-/m1/s1. The zero-order valence-electron chi connectivity index (χ0n) is 13.3. The molecule has 0 spiro atoms. The molecule has 0 bridgehead atoms. The summed E-state index contributed by atoms with van der Waals surface area (Å²) < 4.78 is 0.487. The van der Waals surface area contributed by atoms with E-state index in [1.165, 1.54) is 17.3 Å². The third kappa shape index (κ3) is 4.32. The Balaban J connectivity index is 1.73. The largest absolute Gasteiger partial charge is 0.505 e. The molecule has 1 heterocycles. The van der Waals surface area contributed by atoms with Crippen LogP contribution in [0.15, 0.2) is 45.8 Å². The van der Waals surface area contributed by atoms with Crippen molar-refractivity contribution in [2.75, 3.05) is 5.32 Å². The number of aromatic hydroxyl groups is 1. The van der Waals surface area contributed by atoms with Crippen molar-refractivity contribution in [3.63, 3.8) is 0 Å². The molecule has 3 N–H and O–H groups in total. The first-order valence-corrected chi connectivity index (χ1v) is 9.74. The first-order valence-electron chi connectivity index (χ1n) is 7.69. The van der Waals surface area contributed by atoms with Crippen LogP contribution >= 0.6 is 39.3 Å². The summed E-state index contributed by atoms with van der Waals surface area (Å²) in [5.41, 5.74) is 2.72. The van der Waals surface area contributed by atoms with Gasteiger partial charge in [0.15, 0.2) is 5.50 Å². The van der Waals surface area contributed by atoms with Gasteiger partial charge in [-0.2, -0.15) is 0 Å². The lowest BCUT2D eigenvalue weighted by Gasteiger charge is -2.12. The van der Waals surface area contributed by atoms with Crippen LogP contribution in [-0.2, 0) is 11.2 Å². The van der Waals surface area contributed by atoms with E-state index in [-0.39, 0.29) is 22.2 Å². The highest BCUT2D eigenvalue weighted by Crippen LogP contribution is 2.36. The van der Waals surface area contributed by atoms with Crippen molar-refractivity contribution in [3.8, 4) is 5.75 Å². The predicted molar refractivity (Wildman–Crippen MR) is 108 cm³/mol. The Morgan fingerprint density at radius 3 is 2.72 bits per heavy atom. The number of rotatable bonds is 4. The third-order valence-electron chi connectivity index (χ3n) is 3.73. The van der Waals surface area contributed by atoms with Crippen LogP contribution in [0.5, 0.6) is 5.75 Å². The molecule has 0 aromatic heterocycles. The van der Waals surface area contributed by atoms with Crippen LogP contribution in [0.3, 0.4) is 0 Å². The van der Waals surface area contributed by atoms with E-state index in [0.717, 1.165) is 17.7 Å². The summed E-state index contributed by atoms with van der Waals surface area (Å²) >= 11 is 10.6. The summed E-state index contributed by atoms with van der Waals surface area (Å²) in [6.45, 7) is 2.11. The average Bonchev–Trinajstić information content (AvgIpc) is 2.92. The Hall–Kier alpha value is -1.63. The van der Waals surface area contributed by atoms with Gasteiger partial charge in [0.05, 0.1) is 14.4 Å². The SMILES string of the molecule is CCc1ccc(N[C@@H]2NC(=O)/C(=C/c3cc(Cl)c(O)c(Br)c3)S2)cc1. The summed E-state index contributed by atoms with van der Waals surface area (Å²) in [4.78, 5) is 12.8. The Morgan fingerprint density at radius 2 is 2.08 bits per heavy atom. The molecule has 7 heteroatoms. The van der Waals surface area contributed by atoms with E-state index in [2.05, 4.69) is 45.6 Å². The predicted octanol–water partition coefficient (Wildman–Crippen LogP) is 4.97. The highest BCUT2D eigenvalue weighted by Gasteiger charge is 2.27. The van der Waals surface area contributed by atoms with E-state index in [4.69, 9.17) is 11.6 Å². The van der Waals surface area contributed by atoms with Crippen molar-refractivity contribution < 1.29 is 9.90 Å². The molecule has 4 nitrogen and oxygen atoms in total. The van der Waals surface area contributed by atoms with E-state index >= 15 is 0 Å². The van der Waals surface area contributed by atoms with Crippen LogP contribution in [0, 0.1) is 0 Å². The van der Waals surface area contributed by atoms with Gasteiger partial charge in [0, 0.05) is 5.69 Å².